The van der Waals surface area contributed by atoms with E-state index >= 15 is 0 Å². The van der Waals surface area contributed by atoms with Crippen LogP contribution in [0.3, 0.4) is 0 Å². The Morgan fingerprint density at radius 3 is 2.63 bits per heavy atom. The van der Waals surface area contributed by atoms with Gasteiger partial charge in [0.15, 0.2) is 0 Å². The number of rotatable bonds is 3. The summed E-state index contributed by atoms with van der Waals surface area (Å²) in [5, 5.41) is 22.4. The highest BCUT2D eigenvalue weighted by atomic mass is 16.6. The Bertz CT molecular complexity index is 659. The average Bonchev–Trinajstić information content (AvgIpc) is 2.81. The van der Waals surface area contributed by atoms with Crippen molar-refractivity contribution in [2.75, 3.05) is 0 Å². The third-order valence-electron chi connectivity index (χ3n) is 2.89. The summed E-state index contributed by atoms with van der Waals surface area (Å²) in [6.07, 6.45) is 1.12. The monoisotopic (exact) mass is 260 g/mol. The fraction of sp³-hybridized carbons (Fsp3) is 0.154. The van der Waals surface area contributed by atoms with Crippen LogP contribution in [0, 0.1) is 24.0 Å². The minimum atomic E-state index is -0.440. The maximum Gasteiger partial charge on any atom is 0.280 e. The maximum absolute atomic E-state index is 11.1. The number of hydrogen-bond donors (Lipinski definition) is 1. The molecule has 0 amide bonds. The van der Waals surface area contributed by atoms with Gasteiger partial charge in [0.25, 0.3) is 5.69 Å². The minimum absolute atomic E-state index is 0.00932. The van der Waals surface area contributed by atoms with Gasteiger partial charge in [-0.15, -0.1) is 0 Å². The second-order valence-corrected chi connectivity index (χ2v) is 4.16. The molecule has 6 nitrogen and oxygen atoms in total. The van der Waals surface area contributed by atoms with Crippen LogP contribution in [0.5, 0.6) is 0 Å². The molecular formula is C13H12N2O4. The summed E-state index contributed by atoms with van der Waals surface area (Å²) in [7, 11) is 0. The fourth-order valence-corrected chi connectivity index (χ4v) is 1.77. The minimum Gasteiger partial charge on any atom is -0.455 e. The van der Waals surface area contributed by atoms with Gasteiger partial charge in [-0.05, 0) is 43.2 Å². The molecule has 6 heteroatoms. The van der Waals surface area contributed by atoms with E-state index in [0.717, 1.165) is 17.3 Å². The van der Waals surface area contributed by atoms with Crippen molar-refractivity contribution in [2.45, 2.75) is 13.8 Å². The van der Waals surface area contributed by atoms with Crippen molar-refractivity contribution in [3.8, 4) is 11.3 Å². The van der Waals surface area contributed by atoms with Crippen LogP contribution in [0.1, 0.15) is 16.9 Å². The van der Waals surface area contributed by atoms with Crippen LogP contribution < -0.4 is 0 Å². The van der Waals surface area contributed by atoms with Crippen molar-refractivity contribution in [3.05, 3.63) is 51.3 Å². The van der Waals surface area contributed by atoms with E-state index in [1.165, 1.54) is 6.07 Å². The molecule has 1 aromatic carbocycles. The average molecular weight is 260 g/mol. The number of nitro benzene ring substituents is 1. The molecule has 0 saturated heterocycles. The summed E-state index contributed by atoms with van der Waals surface area (Å²) < 4.78 is 5.38. The zero-order chi connectivity index (χ0) is 14.0. The molecule has 1 N–H and O–H groups in total. The number of nitro groups is 1. The van der Waals surface area contributed by atoms with Crippen molar-refractivity contribution >= 4 is 11.9 Å². The molecule has 0 aliphatic carbocycles. The third-order valence-corrected chi connectivity index (χ3v) is 2.89. The standard InChI is InChI=1S/C13H12N2O4/c1-8-5-11(12(15(17)18)6-9(8)2)13-4-3-10(19-13)7-14-16/h3-7,16H,1-2H3. The number of nitrogens with zero attached hydrogens (tertiary/aromatic N) is 2. The second-order valence-electron chi connectivity index (χ2n) is 4.16. The van der Waals surface area contributed by atoms with Crippen molar-refractivity contribution in [1.82, 2.24) is 0 Å². The lowest BCUT2D eigenvalue weighted by molar-refractivity contribution is -0.384. The van der Waals surface area contributed by atoms with Gasteiger partial charge in [0.05, 0.1) is 10.5 Å². The second kappa shape index (κ2) is 4.93. The highest BCUT2D eigenvalue weighted by Crippen LogP contribution is 2.33. The largest absolute Gasteiger partial charge is 0.455 e. The number of oxime groups is 1. The lowest BCUT2D eigenvalue weighted by Gasteiger charge is -2.04. The first-order valence-electron chi connectivity index (χ1n) is 5.56. The molecule has 0 spiro atoms. The molecule has 0 unspecified atom stereocenters. The van der Waals surface area contributed by atoms with Gasteiger partial charge in [-0.3, -0.25) is 10.1 Å². The molecule has 19 heavy (non-hydrogen) atoms. The van der Waals surface area contributed by atoms with E-state index in [0.29, 0.717) is 17.1 Å². The number of hydrogen-bond acceptors (Lipinski definition) is 5. The Morgan fingerprint density at radius 1 is 1.32 bits per heavy atom. The third kappa shape index (κ3) is 2.47. The van der Waals surface area contributed by atoms with Crippen molar-refractivity contribution in [3.63, 3.8) is 0 Å². The lowest BCUT2D eigenvalue weighted by Crippen LogP contribution is -1.94. The molecule has 2 rings (SSSR count). The van der Waals surface area contributed by atoms with E-state index < -0.39 is 4.92 Å². The topological polar surface area (TPSA) is 88.9 Å². The summed E-state index contributed by atoms with van der Waals surface area (Å²) in [5.41, 5.74) is 2.18. The molecule has 0 atom stereocenters. The predicted molar refractivity (Wildman–Crippen MR) is 69.7 cm³/mol. The van der Waals surface area contributed by atoms with E-state index in [4.69, 9.17) is 9.62 Å². The van der Waals surface area contributed by atoms with Gasteiger partial charge in [-0.25, -0.2) is 0 Å². The quantitative estimate of drug-likeness (QED) is 0.397. The molecule has 1 heterocycles. The van der Waals surface area contributed by atoms with Crippen molar-refractivity contribution in [2.24, 2.45) is 5.16 Å². The predicted octanol–water partition coefficient (Wildman–Crippen LogP) is 3.28. The molecule has 0 radical (unpaired) electrons. The van der Waals surface area contributed by atoms with Crippen molar-refractivity contribution in [1.29, 1.82) is 0 Å². The van der Waals surface area contributed by atoms with Crippen LogP contribution in [-0.2, 0) is 0 Å². The number of aryl methyl sites for hydroxylation is 2. The molecule has 0 saturated carbocycles. The summed E-state index contributed by atoms with van der Waals surface area (Å²) in [5.74, 6) is 0.690. The zero-order valence-electron chi connectivity index (χ0n) is 10.5. The van der Waals surface area contributed by atoms with Gasteiger partial charge in [-0.1, -0.05) is 5.16 Å². The Hall–Kier alpha value is -2.63. The Balaban J connectivity index is 2.59. The van der Waals surface area contributed by atoms with Gasteiger partial charge >= 0.3 is 0 Å². The molecule has 1 aromatic heterocycles. The summed E-state index contributed by atoms with van der Waals surface area (Å²) in [6, 6.07) is 6.42. The first-order valence-corrected chi connectivity index (χ1v) is 5.56. The first-order chi connectivity index (χ1) is 9.02. The van der Waals surface area contributed by atoms with E-state index in [2.05, 4.69) is 5.16 Å². The van der Waals surface area contributed by atoms with Crippen LogP contribution >= 0.6 is 0 Å². The highest BCUT2D eigenvalue weighted by molar-refractivity contribution is 5.78. The van der Waals surface area contributed by atoms with E-state index in [-0.39, 0.29) is 5.69 Å². The van der Waals surface area contributed by atoms with Gasteiger partial charge in [0.2, 0.25) is 0 Å². The highest BCUT2D eigenvalue weighted by Gasteiger charge is 2.19. The molecule has 0 bridgehead atoms. The first kappa shape index (κ1) is 12.8. The van der Waals surface area contributed by atoms with Crippen molar-refractivity contribution < 1.29 is 14.5 Å². The smallest absolute Gasteiger partial charge is 0.280 e. The maximum atomic E-state index is 11.1. The van der Waals surface area contributed by atoms with Crippen LogP contribution in [-0.4, -0.2) is 16.3 Å². The normalized spacial score (nSPS) is 11.1. The molecule has 0 fully saturated rings. The Labute approximate surface area is 109 Å². The van der Waals surface area contributed by atoms with E-state index in [1.807, 2.05) is 13.8 Å². The van der Waals surface area contributed by atoms with E-state index in [1.54, 1.807) is 18.2 Å². The molecule has 98 valence electrons. The van der Waals surface area contributed by atoms with E-state index in [9.17, 15) is 10.1 Å². The molecular weight excluding hydrogens is 248 g/mol. The van der Waals surface area contributed by atoms with Crippen LogP contribution in [0.25, 0.3) is 11.3 Å². The van der Waals surface area contributed by atoms with Gasteiger partial charge in [-0.2, -0.15) is 0 Å². The fourth-order valence-electron chi connectivity index (χ4n) is 1.77. The Morgan fingerprint density at radius 2 is 2.00 bits per heavy atom. The van der Waals surface area contributed by atoms with Crippen LogP contribution in [0.4, 0.5) is 5.69 Å². The van der Waals surface area contributed by atoms with Gasteiger partial charge in [0.1, 0.15) is 17.7 Å². The van der Waals surface area contributed by atoms with Gasteiger partial charge < -0.3 is 9.62 Å². The zero-order valence-corrected chi connectivity index (χ0v) is 10.5. The summed E-state index contributed by atoms with van der Waals surface area (Å²) >= 11 is 0. The summed E-state index contributed by atoms with van der Waals surface area (Å²) in [6.45, 7) is 3.69. The molecule has 0 aliphatic heterocycles. The van der Waals surface area contributed by atoms with Gasteiger partial charge in [0, 0.05) is 6.07 Å². The molecule has 0 aliphatic rings. The van der Waals surface area contributed by atoms with Crippen LogP contribution in [0.2, 0.25) is 0 Å². The number of benzene rings is 1. The lowest BCUT2D eigenvalue weighted by atomic mass is 10.0. The summed E-state index contributed by atoms with van der Waals surface area (Å²) in [4.78, 5) is 10.6. The molecule has 2 aromatic rings. The SMILES string of the molecule is Cc1cc(-c2ccc(C=NO)o2)c([N+](=O)[O-])cc1C. The number of furan rings is 1. The van der Waals surface area contributed by atoms with Crippen LogP contribution in [0.15, 0.2) is 33.8 Å². The Kier molecular flexibility index (Phi) is 3.33.